The molecule has 2 aromatic carbocycles. The van der Waals surface area contributed by atoms with Gasteiger partial charge >= 0.3 is 0 Å². The summed E-state index contributed by atoms with van der Waals surface area (Å²) in [6.45, 7) is 3.01. The van der Waals surface area contributed by atoms with Gasteiger partial charge in [-0.05, 0) is 25.0 Å². The summed E-state index contributed by atoms with van der Waals surface area (Å²) >= 11 is 0. The molecule has 1 fully saturated rings. The van der Waals surface area contributed by atoms with Crippen molar-refractivity contribution >= 4 is 5.91 Å². The first-order valence-electron chi connectivity index (χ1n) is 9.62. The monoisotopic (exact) mass is 384 g/mol. The highest BCUT2D eigenvalue weighted by atomic mass is 16.5. The molecule has 3 rings (SSSR count). The summed E-state index contributed by atoms with van der Waals surface area (Å²) in [6.07, 6.45) is 2.17. The molecule has 1 heterocycles. The molecule has 1 amide bonds. The van der Waals surface area contributed by atoms with Gasteiger partial charge in [0, 0.05) is 37.3 Å². The van der Waals surface area contributed by atoms with Crippen LogP contribution in [0.15, 0.2) is 42.5 Å². The zero-order valence-electron chi connectivity index (χ0n) is 16.6. The third kappa shape index (κ3) is 4.95. The van der Waals surface area contributed by atoms with Gasteiger partial charge in [-0.15, -0.1) is 0 Å². The Morgan fingerprint density at radius 2 is 1.61 bits per heavy atom. The highest BCUT2D eigenvalue weighted by Gasteiger charge is 2.18. The Morgan fingerprint density at radius 3 is 2.36 bits per heavy atom. The number of methoxy groups -OCH3 is 2. The smallest absolute Gasteiger partial charge is 0.260 e. The van der Waals surface area contributed by atoms with Crippen LogP contribution in [-0.4, -0.2) is 44.7 Å². The molecule has 0 spiro atoms. The van der Waals surface area contributed by atoms with Gasteiger partial charge in [0.25, 0.3) is 5.91 Å². The summed E-state index contributed by atoms with van der Waals surface area (Å²) < 4.78 is 16.6. The summed E-state index contributed by atoms with van der Waals surface area (Å²) in [5, 5.41) is 3.42. The lowest BCUT2D eigenvalue weighted by molar-refractivity contribution is -0.132. The lowest BCUT2D eigenvalue weighted by Crippen LogP contribution is -2.32. The topological polar surface area (TPSA) is 60.0 Å². The molecule has 0 atom stereocenters. The highest BCUT2D eigenvalue weighted by Crippen LogP contribution is 2.30. The lowest BCUT2D eigenvalue weighted by atomic mass is 10.1. The van der Waals surface area contributed by atoms with E-state index in [1.807, 2.05) is 47.4 Å². The molecule has 0 aliphatic carbocycles. The standard InChI is InChI=1S/C22H28N2O4/c1-26-20-11-7-9-18(22(20)27-2)15-23-14-17-8-3-4-10-19(17)28-16-21(25)24-12-5-6-13-24/h3-4,7-11,23H,5-6,12-16H2,1-2H3. The van der Waals surface area contributed by atoms with Crippen LogP contribution >= 0.6 is 0 Å². The van der Waals surface area contributed by atoms with E-state index in [1.165, 1.54) is 0 Å². The van der Waals surface area contributed by atoms with Gasteiger partial charge in [-0.3, -0.25) is 4.79 Å². The average molecular weight is 384 g/mol. The number of para-hydroxylation sites is 2. The van der Waals surface area contributed by atoms with Gasteiger partial charge in [0.2, 0.25) is 0 Å². The molecule has 2 aromatic rings. The molecule has 0 saturated carbocycles. The number of carbonyl (C=O) groups excluding carboxylic acids is 1. The predicted molar refractivity (Wildman–Crippen MR) is 108 cm³/mol. The van der Waals surface area contributed by atoms with Crippen molar-refractivity contribution in [2.45, 2.75) is 25.9 Å². The molecule has 1 aliphatic heterocycles. The second-order valence-corrected chi connectivity index (χ2v) is 6.74. The molecule has 0 radical (unpaired) electrons. The second-order valence-electron chi connectivity index (χ2n) is 6.74. The van der Waals surface area contributed by atoms with E-state index in [-0.39, 0.29) is 12.5 Å². The zero-order valence-corrected chi connectivity index (χ0v) is 16.6. The summed E-state index contributed by atoms with van der Waals surface area (Å²) in [6, 6.07) is 13.6. The number of likely N-dealkylation sites (tertiary alicyclic amines) is 1. The number of hydrogen-bond donors (Lipinski definition) is 1. The third-order valence-corrected chi connectivity index (χ3v) is 4.90. The quantitative estimate of drug-likeness (QED) is 0.720. The van der Waals surface area contributed by atoms with Gasteiger partial charge in [-0.2, -0.15) is 0 Å². The summed E-state index contributed by atoms with van der Waals surface area (Å²) in [4.78, 5) is 14.1. The van der Waals surface area contributed by atoms with Crippen LogP contribution < -0.4 is 19.5 Å². The number of nitrogens with one attached hydrogen (secondary N) is 1. The van der Waals surface area contributed by atoms with E-state index in [0.717, 1.165) is 48.6 Å². The zero-order chi connectivity index (χ0) is 19.8. The van der Waals surface area contributed by atoms with E-state index < -0.39 is 0 Å². The molecule has 0 bridgehead atoms. The van der Waals surface area contributed by atoms with Crippen LogP contribution in [0.2, 0.25) is 0 Å². The number of amides is 1. The molecular weight excluding hydrogens is 356 g/mol. The first-order chi connectivity index (χ1) is 13.7. The maximum Gasteiger partial charge on any atom is 0.260 e. The molecule has 6 nitrogen and oxygen atoms in total. The van der Waals surface area contributed by atoms with Crippen LogP contribution in [0.3, 0.4) is 0 Å². The molecule has 0 aromatic heterocycles. The fourth-order valence-corrected chi connectivity index (χ4v) is 3.41. The number of hydrogen-bond acceptors (Lipinski definition) is 5. The number of carbonyl (C=O) groups is 1. The molecule has 150 valence electrons. The van der Waals surface area contributed by atoms with Crippen molar-refractivity contribution in [3.8, 4) is 17.2 Å². The van der Waals surface area contributed by atoms with Crippen molar-refractivity contribution in [1.29, 1.82) is 0 Å². The van der Waals surface area contributed by atoms with Gasteiger partial charge < -0.3 is 24.4 Å². The molecule has 1 saturated heterocycles. The van der Waals surface area contributed by atoms with Crippen molar-refractivity contribution < 1.29 is 19.0 Å². The van der Waals surface area contributed by atoms with Crippen LogP contribution in [0.5, 0.6) is 17.2 Å². The van der Waals surface area contributed by atoms with Crippen molar-refractivity contribution in [3.05, 3.63) is 53.6 Å². The third-order valence-electron chi connectivity index (χ3n) is 4.90. The maximum atomic E-state index is 12.2. The number of nitrogens with zero attached hydrogens (tertiary/aromatic N) is 1. The summed E-state index contributed by atoms with van der Waals surface area (Å²) in [5.74, 6) is 2.24. The molecule has 1 aliphatic rings. The maximum absolute atomic E-state index is 12.2. The Hall–Kier alpha value is -2.73. The Morgan fingerprint density at radius 1 is 0.929 bits per heavy atom. The van der Waals surface area contributed by atoms with Crippen LogP contribution in [0.25, 0.3) is 0 Å². The average Bonchev–Trinajstić information content (AvgIpc) is 3.27. The van der Waals surface area contributed by atoms with Gasteiger partial charge in [0.15, 0.2) is 18.1 Å². The van der Waals surface area contributed by atoms with Gasteiger partial charge in [-0.25, -0.2) is 0 Å². The van der Waals surface area contributed by atoms with Crippen LogP contribution in [-0.2, 0) is 17.9 Å². The van der Waals surface area contributed by atoms with Crippen molar-refractivity contribution in [2.24, 2.45) is 0 Å². The first-order valence-corrected chi connectivity index (χ1v) is 9.62. The normalized spacial score (nSPS) is 13.4. The SMILES string of the molecule is COc1cccc(CNCc2ccccc2OCC(=O)N2CCCC2)c1OC. The molecule has 28 heavy (non-hydrogen) atoms. The van der Waals surface area contributed by atoms with E-state index in [4.69, 9.17) is 14.2 Å². The van der Waals surface area contributed by atoms with Gasteiger partial charge in [-0.1, -0.05) is 30.3 Å². The fourth-order valence-electron chi connectivity index (χ4n) is 3.41. The minimum Gasteiger partial charge on any atom is -0.493 e. The minimum atomic E-state index is 0.0568. The van der Waals surface area contributed by atoms with E-state index in [2.05, 4.69) is 5.32 Å². The molecular formula is C22H28N2O4. The Labute approximate surface area is 166 Å². The van der Waals surface area contributed by atoms with E-state index in [1.54, 1.807) is 14.2 Å². The molecule has 0 unspecified atom stereocenters. The van der Waals surface area contributed by atoms with Crippen LogP contribution in [0.4, 0.5) is 0 Å². The summed E-state index contributed by atoms with van der Waals surface area (Å²) in [7, 11) is 3.27. The van der Waals surface area contributed by atoms with Crippen molar-refractivity contribution in [3.63, 3.8) is 0 Å². The van der Waals surface area contributed by atoms with Crippen LogP contribution in [0.1, 0.15) is 24.0 Å². The first kappa shape index (κ1) is 20.0. The predicted octanol–water partition coefficient (Wildman–Crippen LogP) is 2.99. The number of rotatable bonds is 9. The number of benzene rings is 2. The highest BCUT2D eigenvalue weighted by molar-refractivity contribution is 5.78. The van der Waals surface area contributed by atoms with E-state index in [9.17, 15) is 4.79 Å². The second kappa shape index (κ2) is 9.99. The fraction of sp³-hybridized carbons (Fsp3) is 0.409. The largest absolute Gasteiger partial charge is 0.493 e. The van der Waals surface area contributed by atoms with Crippen molar-refractivity contribution in [2.75, 3.05) is 33.9 Å². The minimum absolute atomic E-state index is 0.0568. The molecule has 6 heteroatoms. The Balaban J connectivity index is 1.57. The van der Waals surface area contributed by atoms with E-state index in [0.29, 0.717) is 18.8 Å². The van der Waals surface area contributed by atoms with Gasteiger partial charge in [0.1, 0.15) is 5.75 Å². The van der Waals surface area contributed by atoms with E-state index >= 15 is 0 Å². The Kier molecular flexibility index (Phi) is 7.14. The molecule has 1 N–H and O–H groups in total. The lowest BCUT2D eigenvalue weighted by Gasteiger charge is -2.17. The van der Waals surface area contributed by atoms with Crippen molar-refractivity contribution in [1.82, 2.24) is 10.2 Å². The van der Waals surface area contributed by atoms with Gasteiger partial charge in [0.05, 0.1) is 14.2 Å². The Bertz CT molecular complexity index is 788. The number of ether oxygens (including phenoxy) is 3. The van der Waals surface area contributed by atoms with Crippen LogP contribution in [0, 0.1) is 0 Å². The summed E-state index contributed by atoms with van der Waals surface area (Å²) in [5.41, 5.74) is 2.03.